The normalized spacial score (nSPS) is 24.8. The summed E-state index contributed by atoms with van der Waals surface area (Å²) in [5.74, 6) is 1.01. The Kier molecular flexibility index (Phi) is 5.03. The maximum atomic E-state index is 12.5. The van der Waals surface area contributed by atoms with Gasteiger partial charge in [0.15, 0.2) is 0 Å². The molecule has 0 radical (unpaired) electrons. The van der Waals surface area contributed by atoms with E-state index in [0.717, 1.165) is 24.5 Å². The summed E-state index contributed by atoms with van der Waals surface area (Å²) >= 11 is 0. The lowest BCUT2D eigenvalue weighted by atomic mass is 10.1. The van der Waals surface area contributed by atoms with Crippen LogP contribution in [-0.4, -0.2) is 67.4 Å². The SMILES string of the molecule is CCOc1ccccc1N1CCN(C(=O)[C@@H]2C[C@@H](O)CN2)CC1. The highest BCUT2D eigenvalue weighted by Crippen LogP contribution is 2.29. The van der Waals surface area contributed by atoms with Crippen molar-refractivity contribution in [3.63, 3.8) is 0 Å². The Morgan fingerprint density at radius 2 is 2.04 bits per heavy atom. The van der Waals surface area contributed by atoms with Crippen molar-refractivity contribution >= 4 is 11.6 Å². The first kappa shape index (κ1) is 16.1. The third-order valence-corrected chi connectivity index (χ3v) is 4.50. The molecule has 0 aliphatic carbocycles. The minimum absolute atomic E-state index is 0.110. The van der Waals surface area contributed by atoms with Crippen molar-refractivity contribution in [3.8, 4) is 5.75 Å². The first-order valence-electron chi connectivity index (χ1n) is 8.36. The van der Waals surface area contributed by atoms with Crippen LogP contribution in [0.4, 0.5) is 5.69 Å². The second-order valence-corrected chi connectivity index (χ2v) is 6.06. The lowest BCUT2D eigenvalue weighted by Crippen LogP contribution is -2.53. The van der Waals surface area contributed by atoms with Gasteiger partial charge in [-0.15, -0.1) is 0 Å². The molecule has 0 unspecified atom stereocenters. The molecule has 0 saturated carbocycles. The van der Waals surface area contributed by atoms with Crippen molar-refractivity contribution in [2.75, 3.05) is 44.2 Å². The smallest absolute Gasteiger partial charge is 0.239 e. The number of carbonyl (C=O) groups is 1. The van der Waals surface area contributed by atoms with Gasteiger partial charge >= 0.3 is 0 Å². The van der Waals surface area contributed by atoms with Gasteiger partial charge in [-0.2, -0.15) is 0 Å². The summed E-state index contributed by atoms with van der Waals surface area (Å²) in [7, 11) is 0. The number of nitrogens with zero attached hydrogens (tertiary/aromatic N) is 2. The van der Waals surface area contributed by atoms with Crippen LogP contribution >= 0.6 is 0 Å². The number of aliphatic hydroxyl groups excluding tert-OH is 1. The number of para-hydroxylation sites is 2. The Morgan fingerprint density at radius 1 is 1.30 bits per heavy atom. The van der Waals surface area contributed by atoms with E-state index in [1.165, 1.54) is 0 Å². The Bertz CT molecular complexity index is 544. The predicted molar refractivity (Wildman–Crippen MR) is 88.8 cm³/mol. The number of rotatable bonds is 4. The van der Waals surface area contributed by atoms with Crippen molar-refractivity contribution < 1.29 is 14.6 Å². The molecule has 2 heterocycles. The highest BCUT2D eigenvalue weighted by molar-refractivity contribution is 5.82. The van der Waals surface area contributed by atoms with E-state index in [9.17, 15) is 9.90 Å². The standard InChI is InChI=1S/C17H25N3O3/c1-2-23-16-6-4-3-5-15(16)19-7-9-20(10-8-19)17(22)14-11-13(21)12-18-14/h3-6,13-14,18,21H,2,7-12H2,1H3/t13-,14+/m1/s1. The van der Waals surface area contributed by atoms with Crippen molar-refractivity contribution in [2.24, 2.45) is 0 Å². The zero-order chi connectivity index (χ0) is 16.2. The second kappa shape index (κ2) is 7.19. The van der Waals surface area contributed by atoms with Crippen molar-refractivity contribution in [3.05, 3.63) is 24.3 Å². The van der Waals surface area contributed by atoms with Gasteiger partial charge in [0, 0.05) is 32.7 Å². The number of hydrogen-bond donors (Lipinski definition) is 2. The van der Waals surface area contributed by atoms with Crippen molar-refractivity contribution in [2.45, 2.75) is 25.5 Å². The molecule has 0 spiro atoms. The Hall–Kier alpha value is -1.79. The molecule has 2 fully saturated rings. The van der Waals surface area contributed by atoms with Gasteiger partial charge in [-0.3, -0.25) is 4.79 Å². The Labute approximate surface area is 137 Å². The number of piperazine rings is 1. The van der Waals surface area contributed by atoms with Crippen molar-refractivity contribution in [1.82, 2.24) is 10.2 Å². The fourth-order valence-corrected chi connectivity index (χ4v) is 3.29. The topological polar surface area (TPSA) is 65.0 Å². The van der Waals surface area contributed by atoms with E-state index in [-0.39, 0.29) is 11.9 Å². The summed E-state index contributed by atoms with van der Waals surface area (Å²) in [5.41, 5.74) is 1.09. The van der Waals surface area contributed by atoms with Gasteiger partial charge in [-0.1, -0.05) is 12.1 Å². The first-order chi connectivity index (χ1) is 11.2. The lowest BCUT2D eigenvalue weighted by molar-refractivity contribution is -0.133. The fraction of sp³-hybridized carbons (Fsp3) is 0.588. The van der Waals surface area contributed by atoms with E-state index in [1.54, 1.807) is 0 Å². The Balaban J connectivity index is 1.59. The number of carbonyl (C=O) groups excluding carboxylic acids is 1. The molecule has 0 bridgehead atoms. The van der Waals surface area contributed by atoms with Gasteiger partial charge in [0.25, 0.3) is 0 Å². The summed E-state index contributed by atoms with van der Waals surface area (Å²) in [4.78, 5) is 16.6. The van der Waals surface area contributed by atoms with Crippen molar-refractivity contribution in [1.29, 1.82) is 0 Å². The van der Waals surface area contributed by atoms with E-state index in [2.05, 4.69) is 16.3 Å². The number of anilines is 1. The van der Waals surface area contributed by atoms with Gasteiger partial charge < -0.3 is 25.0 Å². The highest BCUT2D eigenvalue weighted by atomic mass is 16.5. The highest BCUT2D eigenvalue weighted by Gasteiger charge is 2.32. The van der Waals surface area contributed by atoms with Gasteiger partial charge in [0.05, 0.1) is 24.4 Å². The van der Waals surface area contributed by atoms with Crippen LogP contribution in [0.3, 0.4) is 0 Å². The average molecular weight is 319 g/mol. The molecule has 2 N–H and O–H groups in total. The van der Waals surface area contributed by atoms with Gasteiger partial charge in [-0.05, 0) is 25.5 Å². The number of aliphatic hydroxyl groups is 1. The molecule has 6 heteroatoms. The quantitative estimate of drug-likeness (QED) is 0.844. The fourth-order valence-electron chi connectivity index (χ4n) is 3.29. The number of hydrogen-bond acceptors (Lipinski definition) is 5. The number of benzene rings is 1. The summed E-state index contributed by atoms with van der Waals surface area (Å²) < 4.78 is 5.70. The molecule has 3 rings (SSSR count). The van der Waals surface area contributed by atoms with Crippen LogP contribution in [0, 0.1) is 0 Å². The number of ether oxygens (including phenoxy) is 1. The van der Waals surface area contributed by atoms with Crippen LogP contribution in [0.25, 0.3) is 0 Å². The molecular formula is C17H25N3O3. The zero-order valence-corrected chi connectivity index (χ0v) is 13.6. The molecule has 2 aliphatic rings. The van der Waals surface area contributed by atoms with E-state index >= 15 is 0 Å². The van der Waals surface area contributed by atoms with Crippen LogP contribution in [0.15, 0.2) is 24.3 Å². The maximum absolute atomic E-state index is 12.5. The molecule has 2 saturated heterocycles. The predicted octanol–water partition coefficient (Wildman–Crippen LogP) is 0.457. The maximum Gasteiger partial charge on any atom is 0.239 e. The molecule has 23 heavy (non-hydrogen) atoms. The van der Waals surface area contributed by atoms with E-state index in [0.29, 0.717) is 32.7 Å². The molecular weight excluding hydrogens is 294 g/mol. The summed E-state index contributed by atoms with van der Waals surface area (Å²) in [6.07, 6.45) is 0.120. The zero-order valence-electron chi connectivity index (χ0n) is 13.6. The lowest BCUT2D eigenvalue weighted by Gasteiger charge is -2.37. The van der Waals surface area contributed by atoms with E-state index in [4.69, 9.17) is 4.74 Å². The molecule has 2 atom stereocenters. The monoisotopic (exact) mass is 319 g/mol. The summed E-state index contributed by atoms with van der Waals surface area (Å²) in [6, 6.07) is 7.81. The molecule has 1 aromatic carbocycles. The van der Waals surface area contributed by atoms with Gasteiger partial charge in [0.2, 0.25) is 5.91 Å². The number of β-amino-alcohol motifs (C(OH)–C–C–N with tert-alkyl or cyclic N) is 1. The molecule has 0 aromatic heterocycles. The van der Waals surface area contributed by atoms with Crippen LogP contribution in [0.1, 0.15) is 13.3 Å². The third-order valence-electron chi connectivity index (χ3n) is 4.50. The van der Waals surface area contributed by atoms with Crippen LogP contribution in [-0.2, 0) is 4.79 Å². The second-order valence-electron chi connectivity index (χ2n) is 6.06. The summed E-state index contributed by atoms with van der Waals surface area (Å²) in [5, 5.41) is 12.7. The molecule has 6 nitrogen and oxygen atoms in total. The minimum atomic E-state index is -0.400. The minimum Gasteiger partial charge on any atom is -0.492 e. The number of amides is 1. The van der Waals surface area contributed by atoms with Gasteiger partial charge in [-0.25, -0.2) is 0 Å². The largest absolute Gasteiger partial charge is 0.492 e. The van der Waals surface area contributed by atoms with Gasteiger partial charge in [0.1, 0.15) is 5.75 Å². The first-order valence-corrected chi connectivity index (χ1v) is 8.36. The molecule has 2 aliphatic heterocycles. The van der Waals surface area contributed by atoms with Crippen LogP contribution in [0.2, 0.25) is 0 Å². The van der Waals surface area contributed by atoms with Crippen LogP contribution in [0.5, 0.6) is 5.75 Å². The number of nitrogens with one attached hydrogen (secondary N) is 1. The third kappa shape index (κ3) is 3.59. The Morgan fingerprint density at radius 3 is 2.70 bits per heavy atom. The van der Waals surface area contributed by atoms with Crippen LogP contribution < -0.4 is 15.0 Å². The molecule has 1 amide bonds. The molecule has 126 valence electrons. The van der Waals surface area contributed by atoms with E-state index < -0.39 is 6.10 Å². The average Bonchev–Trinajstić information content (AvgIpc) is 3.02. The van der Waals surface area contributed by atoms with E-state index in [1.807, 2.05) is 30.0 Å². The summed E-state index contributed by atoms with van der Waals surface area (Å²) in [6.45, 7) is 6.14. The molecule has 1 aromatic rings.